The molecule has 2 heteroatoms. The molecule has 0 aromatic rings. The lowest BCUT2D eigenvalue weighted by Gasteiger charge is -2.05. The first-order chi connectivity index (χ1) is 6.07. The van der Waals surface area contributed by atoms with Gasteiger partial charge in [0.15, 0.2) is 0 Å². The summed E-state index contributed by atoms with van der Waals surface area (Å²) in [5, 5.41) is 0. The van der Waals surface area contributed by atoms with E-state index in [1.165, 1.54) is 0 Å². The highest BCUT2D eigenvalue weighted by Crippen LogP contribution is 2.03. The Morgan fingerprint density at radius 3 is 2.54 bits per heavy atom. The predicted octanol–water partition coefficient (Wildman–Crippen LogP) is 2.70. The fraction of sp³-hybridized carbons (Fsp3) is 0.727. The van der Waals surface area contributed by atoms with Crippen molar-refractivity contribution in [1.82, 2.24) is 0 Å². The highest BCUT2D eigenvalue weighted by atomic mass is 16.5. The zero-order chi connectivity index (χ0) is 10.3. The molecule has 0 spiro atoms. The number of aliphatic imine (C=N–C) groups is 1. The second kappa shape index (κ2) is 6.84. The van der Waals surface area contributed by atoms with Crippen molar-refractivity contribution in [2.75, 3.05) is 20.3 Å². The van der Waals surface area contributed by atoms with Crippen LogP contribution >= 0.6 is 0 Å². The summed E-state index contributed by atoms with van der Waals surface area (Å²) in [6.45, 7) is 11.9. The van der Waals surface area contributed by atoms with Crippen LogP contribution in [0.4, 0.5) is 0 Å². The Balaban J connectivity index is 3.86. The summed E-state index contributed by atoms with van der Waals surface area (Å²) in [7, 11) is 1.70. The van der Waals surface area contributed by atoms with Crippen molar-refractivity contribution in [2.45, 2.75) is 27.2 Å². The minimum Gasteiger partial charge on any atom is -0.384 e. The van der Waals surface area contributed by atoms with Gasteiger partial charge in [-0.2, -0.15) is 0 Å². The lowest BCUT2D eigenvalue weighted by atomic mass is 10.1. The van der Waals surface area contributed by atoms with Crippen LogP contribution in [-0.2, 0) is 4.74 Å². The van der Waals surface area contributed by atoms with E-state index in [1.807, 2.05) is 6.92 Å². The van der Waals surface area contributed by atoms with Gasteiger partial charge in [-0.15, -0.1) is 0 Å². The van der Waals surface area contributed by atoms with Crippen molar-refractivity contribution in [3.63, 3.8) is 0 Å². The summed E-state index contributed by atoms with van der Waals surface area (Å²) in [6.07, 6.45) is 0.879. The monoisotopic (exact) mass is 183 g/mol. The van der Waals surface area contributed by atoms with Gasteiger partial charge >= 0.3 is 0 Å². The topological polar surface area (TPSA) is 21.6 Å². The molecule has 0 aliphatic heterocycles. The molecule has 0 N–H and O–H groups in total. The number of ether oxygens (including phenoxy) is 1. The van der Waals surface area contributed by atoms with Gasteiger partial charge < -0.3 is 4.74 Å². The second-order valence-corrected chi connectivity index (χ2v) is 3.67. The number of hydrogen-bond acceptors (Lipinski definition) is 2. The van der Waals surface area contributed by atoms with E-state index in [0.717, 1.165) is 30.9 Å². The average molecular weight is 183 g/mol. The summed E-state index contributed by atoms with van der Waals surface area (Å²) >= 11 is 0. The first kappa shape index (κ1) is 12.4. The van der Waals surface area contributed by atoms with Crippen molar-refractivity contribution in [3.05, 3.63) is 12.2 Å². The van der Waals surface area contributed by atoms with E-state index >= 15 is 0 Å². The fourth-order valence-corrected chi connectivity index (χ4v) is 0.837. The van der Waals surface area contributed by atoms with E-state index in [0.29, 0.717) is 5.92 Å². The quantitative estimate of drug-likeness (QED) is 0.580. The van der Waals surface area contributed by atoms with Gasteiger partial charge in [-0.3, -0.25) is 4.99 Å². The molecule has 0 aliphatic carbocycles. The zero-order valence-corrected chi connectivity index (χ0v) is 9.26. The molecule has 2 nitrogen and oxygen atoms in total. The SMILES string of the molecule is C=C(CCOC)C(C)=NCC(C)C. The Morgan fingerprint density at radius 1 is 1.46 bits per heavy atom. The molecule has 0 heterocycles. The molecule has 0 aliphatic rings. The Kier molecular flexibility index (Phi) is 6.51. The largest absolute Gasteiger partial charge is 0.384 e. The Morgan fingerprint density at radius 2 is 2.08 bits per heavy atom. The third-order valence-electron chi connectivity index (χ3n) is 1.81. The highest BCUT2D eigenvalue weighted by molar-refractivity contribution is 5.97. The van der Waals surface area contributed by atoms with Gasteiger partial charge in [0, 0.05) is 19.4 Å². The number of rotatable bonds is 6. The van der Waals surface area contributed by atoms with Crippen LogP contribution in [0.15, 0.2) is 17.1 Å². The lowest BCUT2D eigenvalue weighted by Crippen LogP contribution is -2.03. The minimum absolute atomic E-state index is 0.616. The van der Waals surface area contributed by atoms with Gasteiger partial charge in [-0.25, -0.2) is 0 Å². The molecule has 0 unspecified atom stereocenters. The first-order valence-electron chi connectivity index (χ1n) is 4.76. The molecule has 0 saturated heterocycles. The van der Waals surface area contributed by atoms with Crippen LogP contribution in [0.5, 0.6) is 0 Å². The van der Waals surface area contributed by atoms with Crippen LogP contribution in [-0.4, -0.2) is 26.0 Å². The summed E-state index contributed by atoms with van der Waals surface area (Å²) in [6, 6.07) is 0. The van der Waals surface area contributed by atoms with Crippen LogP contribution < -0.4 is 0 Å². The smallest absolute Gasteiger partial charge is 0.0503 e. The number of hydrogen-bond donors (Lipinski definition) is 0. The van der Waals surface area contributed by atoms with Gasteiger partial charge in [-0.05, 0) is 24.8 Å². The summed E-state index contributed by atoms with van der Waals surface area (Å²) < 4.78 is 4.97. The number of nitrogens with zero attached hydrogens (tertiary/aromatic N) is 1. The van der Waals surface area contributed by atoms with Gasteiger partial charge in [-0.1, -0.05) is 20.4 Å². The van der Waals surface area contributed by atoms with Gasteiger partial charge in [0.1, 0.15) is 0 Å². The van der Waals surface area contributed by atoms with Crippen LogP contribution in [0, 0.1) is 5.92 Å². The van der Waals surface area contributed by atoms with E-state index < -0.39 is 0 Å². The van der Waals surface area contributed by atoms with E-state index in [9.17, 15) is 0 Å². The molecular weight excluding hydrogens is 162 g/mol. The van der Waals surface area contributed by atoms with Crippen molar-refractivity contribution in [2.24, 2.45) is 10.9 Å². The van der Waals surface area contributed by atoms with Crippen molar-refractivity contribution in [3.8, 4) is 0 Å². The standard InChI is InChI=1S/C11H21NO/c1-9(2)8-12-11(4)10(3)6-7-13-5/h9H,3,6-8H2,1-2,4-5H3. The van der Waals surface area contributed by atoms with E-state index in [2.05, 4.69) is 25.4 Å². The molecule has 13 heavy (non-hydrogen) atoms. The van der Waals surface area contributed by atoms with Crippen LogP contribution in [0.3, 0.4) is 0 Å². The van der Waals surface area contributed by atoms with Crippen LogP contribution in [0.2, 0.25) is 0 Å². The summed E-state index contributed by atoms with van der Waals surface area (Å²) in [5.41, 5.74) is 2.15. The molecule has 0 radical (unpaired) electrons. The van der Waals surface area contributed by atoms with Gasteiger partial charge in [0.2, 0.25) is 0 Å². The highest BCUT2D eigenvalue weighted by Gasteiger charge is 1.98. The summed E-state index contributed by atoms with van der Waals surface area (Å²) in [5.74, 6) is 0.616. The molecule has 0 saturated carbocycles. The van der Waals surface area contributed by atoms with Gasteiger partial charge in [0.05, 0.1) is 6.61 Å². The van der Waals surface area contributed by atoms with Crippen molar-refractivity contribution >= 4 is 5.71 Å². The Bertz CT molecular complexity index is 183. The fourth-order valence-electron chi connectivity index (χ4n) is 0.837. The van der Waals surface area contributed by atoms with E-state index in [4.69, 9.17) is 4.74 Å². The van der Waals surface area contributed by atoms with Gasteiger partial charge in [0.25, 0.3) is 0 Å². The maximum atomic E-state index is 4.97. The molecule has 0 rings (SSSR count). The first-order valence-corrected chi connectivity index (χ1v) is 4.76. The molecule has 0 aromatic carbocycles. The second-order valence-electron chi connectivity index (χ2n) is 3.67. The number of methoxy groups -OCH3 is 1. The minimum atomic E-state index is 0.616. The molecule has 0 atom stereocenters. The van der Waals surface area contributed by atoms with Crippen LogP contribution in [0.25, 0.3) is 0 Å². The molecule has 0 amide bonds. The zero-order valence-electron chi connectivity index (χ0n) is 9.26. The predicted molar refractivity (Wildman–Crippen MR) is 58.4 cm³/mol. The Hall–Kier alpha value is -0.630. The molecule has 0 aromatic heterocycles. The van der Waals surface area contributed by atoms with Crippen molar-refractivity contribution in [1.29, 1.82) is 0 Å². The maximum Gasteiger partial charge on any atom is 0.0503 e. The average Bonchev–Trinajstić information content (AvgIpc) is 2.10. The van der Waals surface area contributed by atoms with E-state index in [-0.39, 0.29) is 0 Å². The van der Waals surface area contributed by atoms with Crippen LogP contribution in [0.1, 0.15) is 27.2 Å². The Labute approximate surface area is 81.7 Å². The van der Waals surface area contributed by atoms with Crippen molar-refractivity contribution < 1.29 is 4.74 Å². The summed E-state index contributed by atoms with van der Waals surface area (Å²) in [4.78, 5) is 4.44. The molecule has 0 fully saturated rings. The third-order valence-corrected chi connectivity index (χ3v) is 1.81. The molecular formula is C11H21NO. The molecule has 76 valence electrons. The normalized spacial score (nSPS) is 12.2. The van der Waals surface area contributed by atoms with E-state index in [1.54, 1.807) is 7.11 Å². The molecule has 0 bridgehead atoms. The third kappa shape index (κ3) is 6.52. The lowest BCUT2D eigenvalue weighted by molar-refractivity contribution is 0.203. The maximum absolute atomic E-state index is 4.97.